The van der Waals surface area contributed by atoms with Gasteiger partial charge in [0.2, 0.25) is 5.13 Å². The Morgan fingerprint density at radius 3 is 2.94 bits per heavy atom. The van der Waals surface area contributed by atoms with Gasteiger partial charge in [0.25, 0.3) is 0 Å². The minimum atomic E-state index is 0.492. The molecule has 0 aliphatic carbocycles. The van der Waals surface area contributed by atoms with Crippen LogP contribution < -0.4 is 5.32 Å². The Morgan fingerprint density at radius 2 is 2.25 bits per heavy atom. The Morgan fingerprint density at radius 1 is 1.50 bits per heavy atom. The topological polar surface area (TPSA) is 50.3 Å². The fraction of sp³-hybridized carbons (Fsp3) is 0.800. The molecule has 0 bridgehead atoms. The first-order valence-corrected chi connectivity index (χ1v) is 6.32. The van der Waals surface area contributed by atoms with Gasteiger partial charge in [0, 0.05) is 24.7 Å². The quantitative estimate of drug-likeness (QED) is 0.859. The molecule has 0 saturated carbocycles. The molecule has 6 heteroatoms. The normalized spacial score (nSPS) is 18.9. The lowest BCUT2D eigenvalue weighted by atomic mass is 10.1. The maximum absolute atomic E-state index is 4.99. The third-order valence-corrected chi connectivity index (χ3v) is 3.47. The standard InChI is InChI=1S/C10H18N4OS/c1-14-5-3-8(4-6-14)11-10-12-9(7-15-2)13-16-10/h8H,3-7H2,1-2H3,(H,11,12,13). The van der Waals surface area contributed by atoms with Crippen molar-refractivity contribution in [3.05, 3.63) is 5.82 Å². The third kappa shape index (κ3) is 3.13. The van der Waals surface area contributed by atoms with E-state index in [2.05, 4.69) is 26.6 Å². The van der Waals surface area contributed by atoms with Gasteiger partial charge in [-0.3, -0.25) is 0 Å². The molecule has 1 fully saturated rings. The monoisotopic (exact) mass is 242 g/mol. The summed E-state index contributed by atoms with van der Waals surface area (Å²) in [5, 5.41) is 4.36. The zero-order chi connectivity index (χ0) is 11.4. The fourth-order valence-corrected chi connectivity index (χ4v) is 2.48. The molecule has 1 saturated heterocycles. The van der Waals surface area contributed by atoms with Gasteiger partial charge in [-0.2, -0.15) is 4.37 Å². The predicted molar refractivity (Wildman–Crippen MR) is 64.8 cm³/mol. The minimum Gasteiger partial charge on any atom is -0.377 e. The van der Waals surface area contributed by atoms with Crippen molar-refractivity contribution in [1.29, 1.82) is 0 Å². The van der Waals surface area contributed by atoms with Gasteiger partial charge < -0.3 is 15.0 Å². The number of hydrogen-bond donors (Lipinski definition) is 1. The van der Waals surface area contributed by atoms with Crippen LogP contribution in [-0.2, 0) is 11.3 Å². The summed E-state index contributed by atoms with van der Waals surface area (Å²) in [6.45, 7) is 2.80. The summed E-state index contributed by atoms with van der Waals surface area (Å²) >= 11 is 1.42. The van der Waals surface area contributed by atoms with Crippen molar-refractivity contribution < 1.29 is 4.74 Å². The average Bonchev–Trinajstić information content (AvgIpc) is 2.70. The highest BCUT2D eigenvalue weighted by atomic mass is 32.1. The first kappa shape index (κ1) is 11.8. The van der Waals surface area contributed by atoms with Gasteiger partial charge in [-0.05, 0) is 33.0 Å². The van der Waals surface area contributed by atoms with Crippen molar-refractivity contribution >= 4 is 16.7 Å². The highest BCUT2D eigenvalue weighted by molar-refractivity contribution is 7.09. The molecule has 1 aromatic heterocycles. The smallest absolute Gasteiger partial charge is 0.202 e. The summed E-state index contributed by atoms with van der Waals surface area (Å²) < 4.78 is 9.21. The molecule has 2 rings (SSSR count). The molecule has 0 unspecified atom stereocenters. The van der Waals surface area contributed by atoms with Gasteiger partial charge in [-0.25, -0.2) is 4.98 Å². The maximum Gasteiger partial charge on any atom is 0.202 e. The molecule has 1 aliphatic heterocycles. The Labute approximate surface area is 100.0 Å². The van der Waals surface area contributed by atoms with Crippen LogP contribution in [0.2, 0.25) is 0 Å². The molecule has 0 atom stereocenters. The summed E-state index contributed by atoms with van der Waals surface area (Å²) in [6.07, 6.45) is 2.35. The Balaban J connectivity index is 1.83. The number of aromatic nitrogens is 2. The number of anilines is 1. The Hall–Kier alpha value is -0.720. The van der Waals surface area contributed by atoms with Crippen molar-refractivity contribution in [3.8, 4) is 0 Å². The van der Waals surface area contributed by atoms with Crippen molar-refractivity contribution in [2.24, 2.45) is 0 Å². The van der Waals surface area contributed by atoms with Crippen LogP contribution in [0.4, 0.5) is 5.13 Å². The summed E-state index contributed by atoms with van der Waals surface area (Å²) in [6, 6.07) is 0.541. The SMILES string of the molecule is COCc1nsc(NC2CCN(C)CC2)n1. The lowest BCUT2D eigenvalue weighted by molar-refractivity contribution is 0.179. The van der Waals surface area contributed by atoms with Crippen LogP contribution in [0, 0.1) is 0 Å². The molecular formula is C10H18N4OS. The van der Waals surface area contributed by atoms with E-state index in [1.165, 1.54) is 24.4 Å². The number of nitrogens with one attached hydrogen (secondary N) is 1. The number of rotatable bonds is 4. The average molecular weight is 242 g/mol. The molecule has 0 radical (unpaired) electrons. The highest BCUT2D eigenvalue weighted by Crippen LogP contribution is 2.17. The van der Waals surface area contributed by atoms with Crippen LogP contribution in [0.3, 0.4) is 0 Å². The number of piperidine rings is 1. The number of methoxy groups -OCH3 is 1. The number of hydrogen-bond acceptors (Lipinski definition) is 6. The largest absolute Gasteiger partial charge is 0.377 e. The van der Waals surface area contributed by atoms with Crippen LogP contribution in [0.15, 0.2) is 0 Å². The molecule has 0 amide bonds. The Kier molecular flexibility index (Phi) is 4.09. The molecule has 0 aromatic carbocycles. The second kappa shape index (κ2) is 5.56. The van der Waals surface area contributed by atoms with Crippen molar-refractivity contribution in [2.45, 2.75) is 25.5 Å². The first-order chi connectivity index (χ1) is 7.78. The van der Waals surface area contributed by atoms with E-state index in [0.717, 1.165) is 24.0 Å². The summed E-state index contributed by atoms with van der Waals surface area (Å²) in [4.78, 5) is 6.73. The second-order valence-corrected chi connectivity index (χ2v) is 4.92. The van der Waals surface area contributed by atoms with E-state index in [1.807, 2.05) is 0 Å². The molecule has 1 aliphatic rings. The summed E-state index contributed by atoms with van der Waals surface area (Å²) in [5.74, 6) is 0.767. The zero-order valence-electron chi connectivity index (χ0n) is 9.77. The summed E-state index contributed by atoms with van der Waals surface area (Å²) in [5.41, 5.74) is 0. The van der Waals surface area contributed by atoms with Gasteiger partial charge >= 0.3 is 0 Å². The molecule has 1 aromatic rings. The van der Waals surface area contributed by atoms with E-state index < -0.39 is 0 Å². The number of likely N-dealkylation sites (tertiary alicyclic amines) is 1. The zero-order valence-corrected chi connectivity index (χ0v) is 10.6. The minimum absolute atomic E-state index is 0.492. The summed E-state index contributed by atoms with van der Waals surface area (Å²) in [7, 11) is 3.82. The number of ether oxygens (including phenoxy) is 1. The Bertz CT molecular complexity index is 322. The van der Waals surface area contributed by atoms with E-state index in [1.54, 1.807) is 7.11 Å². The van der Waals surface area contributed by atoms with Crippen LogP contribution in [0.5, 0.6) is 0 Å². The molecule has 2 heterocycles. The van der Waals surface area contributed by atoms with Crippen molar-refractivity contribution in [1.82, 2.24) is 14.3 Å². The lowest BCUT2D eigenvalue weighted by Crippen LogP contribution is -2.36. The van der Waals surface area contributed by atoms with Crippen LogP contribution in [0.1, 0.15) is 18.7 Å². The van der Waals surface area contributed by atoms with Crippen LogP contribution in [-0.4, -0.2) is 47.5 Å². The first-order valence-electron chi connectivity index (χ1n) is 5.54. The van der Waals surface area contributed by atoms with Gasteiger partial charge in [-0.1, -0.05) is 0 Å². The van der Waals surface area contributed by atoms with E-state index in [-0.39, 0.29) is 0 Å². The van der Waals surface area contributed by atoms with E-state index in [0.29, 0.717) is 12.6 Å². The fourth-order valence-electron chi connectivity index (χ4n) is 1.83. The molecule has 90 valence electrons. The number of nitrogens with zero attached hydrogens (tertiary/aromatic N) is 3. The second-order valence-electron chi connectivity index (χ2n) is 4.17. The molecule has 1 N–H and O–H groups in total. The lowest BCUT2D eigenvalue weighted by Gasteiger charge is -2.29. The third-order valence-electron chi connectivity index (χ3n) is 2.79. The van der Waals surface area contributed by atoms with Gasteiger partial charge in [0.15, 0.2) is 5.82 Å². The van der Waals surface area contributed by atoms with E-state index >= 15 is 0 Å². The maximum atomic E-state index is 4.99. The van der Waals surface area contributed by atoms with Gasteiger partial charge in [0.05, 0.1) is 0 Å². The van der Waals surface area contributed by atoms with Crippen LogP contribution in [0.25, 0.3) is 0 Å². The van der Waals surface area contributed by atoms with Crippen molar-refractivity contribution in [3.63, 3.8) is 0 Å². The molecule has 5 nitrogen and oxygen atoms in total. The molecule has 0 spiro atoms. The van der Waals surface area contributed by atoms with Gasteiger partial charge in [0.1, 0.15) is 6.61 Å². The van der Waals surface area contributed by atoms with E-state index in [9.17, 15) is 0 Å². The van der Waals surface area contributed by atoms with Crippen LogP contribution >= 0.6 is 11.5 Å². The van der Waals surface area contributed by atoms with E-state index in [4.69, 9.17) is 4.74 Å². The highest BCUT2D eigenvalue weighted by Gasteiger charge is 2.17. The molecule has 16 heavy (non-hydrogen) atoms. The van der Waals surface area contributed by atoms with Gasteiger partial charge in [-0.15, -0.1) is 0 Å². The molecular weight excluding hydrogens is 224 g/mol. The van der Waals surface area contributed by atoms with Crippen molar-refractivity contribution in [2.75, 3.05) is 32.6 Å². The predicted octanol–water partition coefficient (Wildman–Crippen LogP) is 1.19.